The van der Waals surface area contributed by atoms with E-state index in [1.54, 1.807) is 10.9 Å². The van der Waals surface area contributed by atoms with Crippen molar-refractivity contribution in [1.82, 2.24) is 20.3 Å². The summed E-state index contributed by atoms with van der Waals surface area (Å²) in [7, 11) is 0. The van der Waals surface area contributed by atoms with Crippen molar-refractivity contribution >= 4 is 5.91 Å². The van der Waals surface area contributed by atoms with Crippen molar-refractivity contribution in [1.29, 1.82) is 0 Å². The molecule has 1 aromatic heterocycles. The van der Waals surface area contributed by atoms with E-state index in [0.29, 0.717) is 18.9 Å². The molecular formula is C16H18F2N4O2. The number of aromatic nitrogens is 3. The van der Waals surface area contributed by atoms with Gasteiger partial charge >= 0.3 is 0 Å². The first kappa shape index (κ1) is 16.5. The summed E-state index contributed by atoms with van der Waals surface area (Å²) < 4.78 is 34.7. The third kappa shape index (κ3) is 3.01. The number of carbonyl (C=O) groups is 1. The van der Waals surface area contributed by atoms with Crippen LogP contribution in [0.3, 0.4) is 0 Å². The van der Waals surface area contributed by atoms with Crippen molar-refractivity contribution in [3.8, 4) is 0 Å². The van der Waals surface area contributed by atoms with Crippen molar-refractivity contribution in [2.24, 2.45) is 0 Å². The maximum absolute atomic E-state index is 13.9. The Morgan fingerprint density at radius 3 is 2.62 bits per heavy atom. The number of rotatable bonds is 5. The van der Waals surface area contributed by atoms with Crippen LogP contribution in [-0.4, -0.2) is 34.1 Å². The molecule has 128 valence electrons. The van der Waals surface area contributed by atoms with Crippen LogP contribution >= 0.6 is 0 Å². The molecule has 1 fully saturated rings. The van der Waals surface area contributed by atoms with Gasteiger partial charge in [-0.1, -0.05) is 11.3 Å². The lowest BCUT2D eigenvalue weighted by atomic mass is 9.83. The molecule has 6 nitrogen and oxygen atoms in total. The van der Waals surface area contributed by atoms with E-state index in [2.05, 4.69) is 15.6 Å². The highest BCUT2D eigenvalue weighted by Crippen LogP contribution is 2.28. The molecule has 0 unspecified atom stereocenters. The lowest BCUT2D eigenvalue weighted by Crippen LogP contribution is -2.41. The molecule has 1 saturated heterocycles. The highest BCUT2D eigenvalue weighted by Gasteiger charge is 2.35. The van der Waals surface area contributed by atoms with E-state index in [1.807, 2.05) is 0 Å². The summed E-state index contributed by atoms with van der Waals surface area (Å²) in [5, 5.41) is 10.6. The molecule has 0 bridgehead atoms. The van der Waals surface area contributed by atoms with E-state index in [0.717, 1.165) is 12.1 Å². The molecule has 0 spiro atoms. The highest BCUT2D eigenvalue weighted by atomic mass is 19.1. The van der Waals surface area contributed by atoms with Gasteiger partial charge in [0.15, 0.2) is 0 Å². The SMILES string of the molecule is CC(C)(C(=O)NCc1cn(C2COC2)nn1)c1c(F)cccc1F. The first-order valence-corrected chi connectivity index (χ1v) is 7.61. The zero-order valence-corrected chi connectivity index (χ0v) is 13.4. The number of hydrogen-bond donors (Lipinski definition) is 1. The molecule has 8 heteroatoms. The van der Waals surface area contributed by atoms with Crippen molar-refractivity contribution in [3.05, 3.63) is 47.3 Å². The molecule has 0 saturated carbocycles. The normalized spacial score (nSPS) is 15.2. The van der Waals surface area contributed by atoms with Crippen LogP contribution in [0.1, 0.15) is 31.1 Å². The van der Waals surface area contributed by atoms with E-state index in [1.165, 1.54) is 19.9 Å². The molecule has 2 aromatic rings. The van der Waals surface area contributed by atoms with Crippen LogP contribution in [0.2, 0.25) is 0 Å². The van der Waals surface area contributed by atoms with Crippen molar-refractivity contribution in [2.45, 2.75) is 31.8 Å². The van der Waals surface area contributed by atoms with E-state index >= 15 is 0 Å². The molecule has 1 aliphatic rings. The number of nitrogens with zero attached hydrogens (tertiary/aromatic N) is 3. The summed E-state index contributed by atoms with van der Waals surface area (Å²) in [6, 6.07) is 3.72. The maximum atomic E-state index is 13.9. The van der Waals surface area contributed by atoms with Crippen LogP contribution in [0.25, 0.3) is 0 Å². The quantitative estimate of drug-likeness (QED) is 0.903. The number of halogens is 2. The Labute approximate surface area is 137 Å². The Hall–Kier alpha value is -2.35. The molecule has 3 rings (SSSR count). The van der Waals surface area contributed by atoms with Gasteiger partial charge in [-0.05, 0) is 26.0 Å². The Morgan fingerprint density at radius 2 is 2.04 bits per heavy atom. The lowest BCUT2D eigenvalue weighted by Gasteiger charge is -2.25. The predicted molar refractivity (Wildman–Crippen MR) is 81.1 cm³/mol. The average molecular weight is 336 g/mol. The number of hydrogen-bond acceptors (Lipinski definition) is 4. The first-order valence-electron chi connectivity index (χ1n) is 7.61. The van der Waals surface area contributed by atoms with Gasteiger partial charge in [0.05, 0.1) is 31.4 Å². The van der Waals surface area contributed by atoms with Crippen LogP contribution in [0.5, 0.6) is 0 Å². The minimum Gasteiger partial charge on any atom is -0.377 e. The Kier molecular flexibility index (Phi) is 4.31. The fourth-order valence-electron chi connectivity index (χ4n) is 2.55. The average Bonchev–Trinajstić information content (AvgIpc) is 2.90. The second kappa shape index (κ2) is 6.27. The Bertz CT molecular complexity index is 736. The molecule has 1 amide bonds. The third-order valence-corrected chi connectivity index (χ3v) is 4.14. The molecule has 1 aliphatic heterocycles. The fraction of sp³-hybridized carbons (Fsp3) is 0.438. The van der Waals surface area contributed by atoms with Crippen LogP contribution in [0.4, 0.5) is 8.78 Å². The molecule has 24 heavy (non-hydrogen) atoms. The lowest BCUT2D eigenvalue weighted by molar-refractivity contribution is -0.126. The number of nitrogens with one attached hydrogen (secondary N) is 1. The topological polar surface area (TPSA) is 69.0 Å². The van der Waals surface area contributed by atoms with E-state index in [9.17, 15) is 13.6 Å². The molecule has 0 aliphatic carbocycles. The molecule has 0 radical (unpaired) electrons. The van der Waals surface area contributed by atoms with Gasteiger partial charge < -0.3 is 10.1 Å². The van der Waals surface area contributed by atoms with Gasteiger partial charge in [0.25, 0.3) is 0 Å². The Balaban J connectivity index is 1.68. The van der Waals surface area contributed by atoms with Gasteiger partial charge in [-0.25, -0.2) is 13.5 Å². The Morgan fingerprint density at radius 1 is 1.38 bits per heavy atom. The van der Waals surface area contributed by atoms with Gasteiger partial charge in [0, 0.05) is 5.56 Å². The summed E-state index contributed by atoms with van der Waals surface area (Å²) in [6.07, 6.45) is 1.73. The zero-order chi connectivity index (χ0) is 17.3. The van der Waals surface area contributed by atoms with Crippen LogP contribution in [0.15, 0.2) is 24.4 Å². The fourth-order valence-corrected chi connectivity index (χ4v) is 2.55. The monoisotopic (exact) mass is 336 g/mol. The number of ether oxygens (including phenoxy) is 1. The minimum atomic E-state index is -1.35. The highest BCUT2D eigenvalue weighted by molar-refractivity contribution is 5.87. The summed E-state index contributed by atoms with van der Waals surface area (Å²) >= 11 is 0. The maximum Gasteiger partial charge on any atom is 0.230 e. The zero-order valence-electron chi connectivity index (χ0n) is 13.4. The van der Waals surface area contributed by atoms with Crippen LogP contribution < -0.4 is 5.32 Å². The third-order valence-electron chi connectivity index (χ3n) is 4.14. The van der Waals surface area contributed by atoms with Crippen molar-refractivity contribution in [2.75, 3.05) is 13.2 Å². The van der Waals surface area contributed by atoms with Gasteiger partial charge in [-0.15, -0.1) is 5.10 Å². The molecule has 2 heterocycles. The molecule has 1 aromatic carbocycles. The van der Waals surface area contributed by atoms with Crippen LogP contribution in [0, 0.1) is 11.6 Å². The summed E-state index contributed by atoms with van der Waals surface area (Å²) in [6.45, 7) is 4.27. The molecule has 1 N–H and O–H groups in total. The summed E-state index contributed by atoms with van der Waals surface area (Å²) in [5.41, 5.74) is -1.04. The van der Waals surface area contributed by atoms with Crippen LogP contribution in [-0.2, 0) is 21.5 Å². The standard InChI is InChI=1S/C16H18F2N4O2/c1-16(2,14-12(17)4-3-5-13(14)18)15(23)19-6-10-7-22(21-20-10)11-8-24-9-11/h3-5,7,11H,6,8-9H2,1-2H3,(H,19,23). The van der Waals surface area contributed by atoms with E-state index < -0.39 is 23.0 Å². The molecular weight excluding hydrogens is 318 g/mol. The van der Waals surface area contributed by atoms with Gasteiger partial charge in [-0.3, -0.25) is 4.79 Å². The number of carbonyl (C=O) groups excluding carboxylic acids is 1. The molecule has 0 atom stereocenters. The van der Waals surface area contributed by atoms with E-state index in [4.69, 9.17) is 4.74 Å². The smallest absolute Gasteiger partial charge is 0.230 e. The van der Waals surface area contributed by atoms with Crippen molar-refractivity contribution in [3.63, 3.8) is 0 Å². The minimum absolute atomic E-state index is 0.131. The number of benzene rings is 1. The summed E-state index contributed by atoms with van der Waals surface area (Å²) in [5.74, 6) is -1.98. The largest absolute Gasteiger partial charge is 0.377 e. The van der Waals surface area contributed by atoms with Gasteiger partial charge in [-0.2, -0.15) is 0 Å². The predicted octanol–water partition coefficient (Wildman–Crippen LogP) is 1.72. The van der Waals surface area contributed by atoms with Gasteiger partial charge in [0.1, 0.15) is 23.4 Å². The van der Waals surface area contributed by atoms with Crippen molar-refractivity contribution < 1.29 is 18.3 Å². The first-order chi connectivity index (χ1) is 11.4. The van der Waals surface area contributed by atoms with E-state index in [-0.39, 0.29) is 18.2 Å². The summed E-state index contributed by atoms with van der Waals surface area (Å²) in [4.78, 5) is 12.4. The number of amides is 1. The second-order valence-corrected chi connectivity index (χ2v) is 6.29. The van der Waals surface area contributed by atoms with Gasteiger partial charge in [0.2, 0.25) is 5.91 Å². The second-order valence-electron chi connectivity index (χ2n) is 6.29.